The average Bonchev–Trinajstić information content (AvgIpc) is 3.19. The number of ether oxygens (including phenoxy) is 2. The first-order valence-corrected chi connectivity index (χ1v) is 11.1. The number of esters is 1. The number of carbonyl (C=O) groups excluding carboxylic acids is 2. The summed E-state index contributed by atoms with van der Waals surface area (Å²) in [5, 5.41) is 11.0. The second kappa shape index (κ2) is 9.94. The molecule has 0 radical (unpaired) electrons. The van der Waals surface area contributed by atoms with Crippen LogP contribution in [-0.2, 0) is 19.1 Å². The maximum atomic E-state index is 13.3. The van der Waals surface area contributed by atoms with Crippen molar-refractivity contribution < 1.29 is 24.2 Å². The van der Waals surface area contributed by atoms with Crippen molar-refractivity contribution in [3.8, 4) is 0 Å². The van der Waals surface area contributed by atoms with Crippen molar-refractivity contribution in [1.82, 2.24) is 4.90 Å². The van der Waals surface area contributed by atoms with E-state index in [1.54, 1.807) is 6.92 Å². The third-order valence-electron chi connectivity index (χ3n) is 5.89. The smallest absolute Gasteiger partial charge is 0.342 e. The van der Waals surface area contributed by atoms with Gasteiger partial charge in [-0.25, -0.2) is 4.79 Å². The Kier molecular flexibility index (Phi) is 8.08. The van der Waals surface area contributed by atoms with Crippen LogP contribution in [0, 0.1) is 5.41 Å². The Morgan fingerprint density at radius 1 is 1.23 bits per heavy atom. The molecule has 170 valence electrons. The van der Waals surface area contributed by atoms with Gasteiger partial charge in [-0.05, 0) is 13.3 Å². The van der Waals surface area contributed by atoms with Crippen molar-refractivity contribution in [3.05, 3.63) is 11.3 Å². The number of unbranched alkanes of at least 4 members (excludes halogenated alkanes) is 6. The highest BCUT2D eigenvalue weighted by Crippen LogP contribution is 2.46. The molecular formula is C23H38N2O5. The van der Waals surface area contributed by atoms with Crippen LogP contribution in [0.15, 0.2) is 16.3 Å². The molecule has 1 N–H and O–H groups in total. The normalized spacial score (nSPS) is 24.6. The molecule has 0 aromatic rings. The van der Waals surface area contributed by atoms with Gasteiger partial charge in [0.05, 0.1) is 13.7 Å². The largest absolute Gasteiger partial charge is 0.508 e. The van der Waals surface area contributed by atoms with Crippen LogP contribution >= 0.6 is 0 Å². The van der Waals surface area contributed by atoms with Crippen LogP contribution in [0.1, 0.15) is 79.6 Å². The molecule has 2 rings (SSSR count). The Morgan fingerprint density at radius 2 is 1.83 bits per heavy atom. The third kappa shape index (κ3) is 4.56. The monoisotopic (exact) mass is 422 g/mol. The molecule has 2 aliphatic heterocycles. The molecule has 0 spiro atoms. The summed E-state index contributed by atoms with van der Waals surface area (Å²) >= 11 is 0. The van der Waals surface area contributed by atoms with Gasteiger partial charge in [-0.2, -0.15) is 0 Å². The second-order valence-electron chi connectivity index (χ2n) is 9.37. The molecule has 0 aliphatic carbocycles. The zero-order chi connectivity index (χ0) is 22.5. The van der Waals surface area contributed by atoms with E-state index in [0.717, 1.165) is 12.8 Å². The van der Waals surface area contributed by atoms with Gasteiger partial charge in [0.2, 0.25) is 5.54 Å². The first-order valence-electron chi connectivity index (χ1n) is 11.1. The summed E-state index contributed by atoms with van der Waals surface area (Å²) in [5.74, 6) is -1.45. The summed E-state index contributed by atoms with van der Waals surface area (Å²) in [4.78, 5) is 31.9. The number of hydrogen-bond donors (Lipinski definition) is 1. The number of nitrogens with zero attached hydrogens (tertiary/aromatic N) is 2. The highest BCUT2D eigenvalue weighted by atomic mass is 16.6. The van der Waals surface area contributed by atoms with Crippen molar-refractivity contribution in [3.63, 3.8) is 0 Å². The molecule has 0 bridgehead atoms. The van der Waals surface area contributed by atoms with Gasteiger partial charge < -0.3 is 14.6 Å². The number of methoxy groups -OCH3 is 1. The molecule has 2 heterocycles. The van der Waals surface area contributed by atoms with Crippen molar-refractivity contribution in [2.24, 2.45) is 10.4 Å². The lowest BCUT2D eigenvalue weighted by Crippen LogP contribution is -2.56. The van der Waals surface area contributed by atoms with Gasteiger partial charge >= 0.3 is 5.97 Å². The molecule has 1 saturated heterocycles. The zero-order valence-electron chi connectivity index (χ0n) is 19.4. The number of rotatable bonds is 10. The van der Waals surface area contributed by atoms with Gasteiger partial charge in [0.15, 0.2) is 0 Å². The number of amides is 1. The lowest BCUT2D eigenvalue weighted by molar-refractivity contribution is -0.158. The van der Waals surface area contributed by atoms with E-state index in [9.17, 15) is 14.7 Å². The maximum absolute atomic E-state index is 13.3. The number of aliphatic hydroxyl groups excluding tert-OH is 1. The molecule has 30 heavy (non-hydrogen) atoms. The summed E-state index contributed by atoms with van der Waals surface area (Å²) in [6.07, 6.45) is 7.60. The van der Waals surface area contributed by atoms with Gasteiger partial charge in [-0.3, -0.25) is 14.7 Å². The van der Waals surface area contributed by atoms with Gasteiger partial charge in [-0.15, -0.1) is 0 Å². The summed E-state index contributed by atoms with van der Waals surface area (Å²) in [5.41, 5.74) is -1.52. The Morgan fingerprint density at radius 3 is 2.40 bits per heavy atom. The van der Waals surface area contributed by atoms with E-state index >= 15 is 0 Å². The molecule has 1 amide bonds. The zero-order valence-corrected chi connectivity index (χ0v) is 19.4. The molecule has 0 aromatic carbocycles. The van der Waals surface area contributed by atoms with E-state index in [1.165, 1.54) is 44.1 Å². The minimum absolute atomic E-state index is 0.0981. The molecule has 7 nitrogen and oxygen atoms in total. The number of fused-ring (bicyclic) bond motifs is 1. The van der Waals surface area contributed by atoms with Crippen LogP contribution in [0.25, 0.3) is 0 Å². The lowest BCUT2D eigenvalue weighted by Gasteiger charge is -2.36. The quantitative estimate of drug-likeness (QED) is 0.324. The molecular weight excluding hydrogens is 384 g/mol. The predicted octanol–water partition coefficient (Wildman–Crippen LogP) is 4.17. The second-order valence-corrected chi connectivity index (χ2v) is 9.37. The molecule has 0 saturated carbocycles. The van der Waals surface area contributed by atoms with E-state index in [2.05, 4.69) is 11.9 Å². The topological polar surface area (TPSA) is 88.4 Å². The number of aliphatic hydroxyl groups is 1. The van der Waals surface area contributed by atoms with Crippen LogP contribution in [0.3, 0.4) is 0 Å². The highest BCUT2D eigenvalue weighted by molar-refractivity contribution is 6.25. The molecule has 2 aliphatic rings. The Bertz CT molecular complexity index is 707. The molecule has 1 fully saturated rings. The number of hydrogen-bond acceptors (Lipinski definition) is 6. The highest BCUT2D eigenvalue weighted by Gasteiger charge is 2.66. The standard InChI is InChI=1S/C23H38N2O5/c1-7-8-9-10-11-12-13-14-24-16(2)17-18(26)23(21(28)29-6)15-30-20(22(3,4)5)25(23)19(17)27/h20,26H,7-15H2,1-6H3/t20-,23-/m1/s1. The predicted molar refractivity (Wildman–Crippen MR) is 116 cm³/mol. The minimum atomic E-state index is -1.63. The van der Waals surface area contributed by atoms with E-state index in [1.807, 2.05) is 20.8 Å². The molecule has 0 aromatic heterocycles. The van der Waals surface area contributed by atoms with E-state index in [4.69, 9.17) is 9.47 Å². The SMILES string of the molecule is CCCCCCCCCN=C(C)C1=C(O)[C@@]2(C(=O)OC)CO[C@H](C(C)(C)C)N2C1=O. The first kappa shape index (κ1) is 24.4. The van der Waals surface area contributed by atoms with Crippen molar-refractivity contribution in [1.29, 1.82) is 0 Å². The van der Waals surface area contributed by atoms with Crippen LogP contribution < -0.4 is 0 Å². The number of carbonyl (C=O) groups is 2. The van der Waals surface area contributed by atoms with Gasteiger partial charge in [0, 0.05) is 17.7 Å². The molecule has 7 heteroatoms. The Labute approximate surface area is 180 Å². The fourth-order valence-corrected chi connectivity index (χ4v) is 4.22. The van der Waals surface area contributed by atoms with Crippen molar-refractivity contribution in [2.75, 3.05) is 20.3 Å². The van der Waals surface area contributed by atoms with Crippen LogP contribution in [0.4, 0.5) is 0 Å². The van der Waals surface area contributed by atoms with Crippen LogP contribution in [0.5, 0.6) is 0 Å². The Hall–Kier alpha value is -1.89. The average molecular weight is 423 g/mol. The summed E-state index contributed by atoms with van der Waals surface area (Å²) < 4.78 is 10.8. The first-order chi connectivity index (χ1) is 14.1. The van der Waals surface area contributed by atoms with Gasteiger partial charge in [0.25, 0.3) is 5.91 Å². The molecule has 2 atom stereocenters. The van der Waals surface area contributed by atoms with Crippen molar-refractivity contribution in [2.45, 2.75) is 91.3 Å². The van der Waals surface area contributed by atoms with Crippen LogP contribution in [0.2, 0.25) is 0 Å². The van der Waals surface area contributed by atoms with E-state index in [0.29, 0.717) is 12.3 Å². The van der Waals surface area contributed by atoms with Gasteiger partial charge in [0.1, 0.15) is 17.6 Å². The number of aliphatic imine (C=N–C) groups is 1. The fourth-order valence-electron chi connectivity index (χ4n) is 4.22. The molecule has 0 unspecified atom stereocenters. The maximum Gasteiger partial charge on any atom is 0.342 e. The minimum Gasteiger partial charge on any atom is -0.508 e. The van der Waals surface area contributed by atoms with E-state index < -0.39 is 29.1 Å². The lowest BCUT2D eigenvalue weighted by atomic mass is 9.91. The summed E-state index contributed by atoms with van der Waals surface area (Å²) in [6, 6.07) is 0. The fraction of sp³-hybridized carbons (Fsp3) is 0.783. The van der Waals surface area contributed by atoms with Crippen LogP contribution in [-0.4, -0.2) is 59.6 Å². The third-order valence-corrected chi connectivity index (χ3v) is 5.89. The van der Waals surface area contributed by atoms with Crippen molar-refractivity contribution >= 4 is 17.6 Å². The summed E-state index contributed by atoms with van der Waals surface area (Å²) in [6.45, 7) is 10.2. The van der Waals surface area contributed by atoms with E-state index in [-0.39, 0.29) is 17.9 Å². The summed E-state index contributed by atoms with van der Waals surface area (Å²) in [7, 11) is 1.25. The van der Waals surface area contributed by atoms with Gasteiger partial charge in [-0.1, -0.05) is 66.2 Å². The Balaban J connectivity index is 2.16.